The van der Waals surface area contributed by atoms with Gasteiger partial charge in [0.15, 0.2) is 0 Å². The number of hydrogen-bond acceptors (Lipinski definition) is 11. The summed E-state index contributed by atoms with van der Waals surface area (Å²) in [5.41, 5.74) is 25.6. The van der Waals surface area contributed by atoms with Crippen LogP contribution in [0.15, 0.2) is 158 Å². The SMILES string of the molecule is Cc1cc2c(cc1-c1c(C)ccc3cc(C(=O)O)ccc13)C(C)(C)COC2(C)C.Cc1cc2c(cc1-c1c(CO)ccc3cc(C(=O)O)ccc13)C(C)(C)COC2(C)C.Cc1cc2c(cc1-c1c(O)ccc3cc(C(=O)O)ccc13)C(C)(C)COC2(C)C.Cc1cnc(/C=C/C(=O)O)cc1-c1cc2c(cc1C)C(C)(C)OCC2(C)C. The van der Waals surface area contributed by atoms with Crippen LogP contribution in [0.2, 0.25) is 0 Å². The van der Waals surface area contributed by atoms with Gasteiger partial charge in [0.1, 0.15) is 5.75 Å². The highest BCUT2D eigenvalue weighted by atomic mass is 16.5. The van der Waals surface area contributed by atoms with Crippen molar-refractivity contribution in [2.24, 2.45) is 0 Å². The number of aryl methyl sites for hydroxylation is 6. The first-order valence-electron chi connectivity index (χ1n) is 39.3. The molecule has 0 spiro atoms. The summed E-state index contributed by atoms with van der Waals surface area (Å²) in [5.74, 6) is -3.60. The van der Waals surface area contributed by atoms with Crippen molar-refractivity contribution in [3.63, 3.8) is 0 Å². The van der Waals surface area contributed by atoms with Crippen LogP contribution in [0.4, 0.5) is 0 Å². The van der Waals surface area contributed by atoms with E-state index in [9.17, 15) is 44.7 Å². The van der Waals surface area contributed by atoms with Crippen LogP contribution < -0.4 is 0 Å². The molecule has 115 heavy (non-hydrogen) atoms. The van der Waals surface area contributed by atoms with Gasteiger partial charge in [-0.05, 0) is 331 Å². The molecule has 0 saturated carbocycles. The minimum Gasteiger partial charge on any atom is -0.507 e. The second-order valence-corrected chi connectivity index (χ2v) is 36.4. The number of carboxylic acid groups (broad SMARTS) is 4. The Kier molecular flexibility index (Phi) is 22.2. The van der Waals surface area contributed by atoms with Crippen molar-refractivity contribution >= 4 is 62.3 Å². The Balaban J connectivity index is 0.000000142. The fourth-order valence-electron chi connectivity index (χ4n) is 16.9. The molecule has 0 radical (unpaired) electrons. The number of aliphatic hydroxyl groups excluding tert-OH is 1. The van der Waals surface area contributed by atoms with Crippen LogP contribution in [0, 0.1) is 41.5 Å². The monoisotopic (exact) mass is 1550 g/mol. The smallest absolute Gasteiger partial charge is 0.335 e. The van der Waals surface area contributed by atoms with Crippen LogP contribution in [0.1, 0.15) is 231 Å². The first kappa shape index (κ1) is 83.8. The number of rotatable bonds is 10. The Morgan fingerprint density at radius 1 is 0.357 bits per heavy atom. The summed E-state index contributed by atoms with van der Waals surface area (Å²) in [6.45, 7) is 49.6. The molecule has 0 bridgehead atoms. The number of aliphatic hydroxyl groups is 1. The Morgan fingerprint density at radius 3 is 1.05 bits per heavy atom. The number of pyridine rings is 1. The molecular formula is C100H109NO14. The number of aromatic hydroxyl groups is 1. The Hall–Kier alpha value is -10.7. The van der Waals surface area contributed by atoms with Crippen molar-refractivity contribution in [2.75, 3.05) is 26.4 Å². The molecule has 10 aromatic carbocycles. The molecular weight excluding hydrogens is 1440 g/mol. The van der Waals surface area contributed by atoms with Gasteiger partial charge in [0.2, 0.25) is 0 Å². The summed E-state index contributed by atoms with van der Waals surface area (Å²) >= 11 is 0. The third-order valence-corrected chi connectivity index (χ3v) is 24.0. The van der Waals surface area contributed by atoms with Gasteiger partial charge in [-0.1, -0.05) is 128 Å². The van der Waals surface area contributed by atoms with E-state index in [4.69, 9.17) is 24.1 Å². The van der Waals surface area contributed by atoms with Crippen LogP contribution in [0.3, 0.4) is 0 Å². The van der Waals surface area contributed by atoms with Crippen molar-refractivity contribution < 1.29 is 68.8 Å². The standard InChI is InChI=1S/C26H28O4.C26H28O3.C25H26O4.C23H27NO3/c1-15-10-22-21(25(2,3)14-30-26(22,4)5)12-20(15)23-18(13-27)7-6-16-11-17(24(28)29)8-9-19(16)23;1-15-7-8-17-12-18(24(27)28)9-10-19(17)23(15)20-13-21-22(11-16(20)2)26(5,6)29-14-25(21,3)4;1-14-10-20-19(24(2,3)13-29-25(20,4)5)12-18(14)22-17-8-6-16(23(27)28)11-15(17)7-9-21(22)26;1-14-9-20-19(22(3,4)13-27-23(20,5)6)11-18(14)17-10-16(7-8-21(25)26)24-12-15(17)2/h6-12,27H,13-14H2,1-5H3,(H,28,29);7-13H,14H2,1-6H3,(H,27,28);6-12,26H,13H2,1-5H3,(H,27,28);7-12H,13H2,1-6H3,(H,25,26)/b;;;8-7+. The maximum absolute atomic E-state index is 11.4. The predicted molar refractivity (Wildman–Crippen MR) is 459 cm³/mol. The van der Waals surface area contributed by atoms with E-state index in [2.05, 4.69) is 198 Å². The van der Waals surface area contributed by atoms with Gasteiger partial charge >= 0.3 is 23.9 Å². The van der Waals surface area contributed by atoms with Crippen molar-refractivity contribution in [2.45, 2.75) is 203 Å². The van der Waals surface area contributed by atoms with Crippen molar-refractivity contribution in [1.82, 2.24) is 4.98 Å². The highest BCUT2D eigenvalue weighted by Gasteiger charge is 2.43. The lowest BCUT2D eigenvalue weighted by Gasteiger charge is -2.42. The van der Waals surface area contributed by atoms with E-state index in [1.807, 2.05) is 50.2 Å². The molecule has 0 unspecified atom stereocenters. The molecule has 4 aliphatic rings. The number of carbonyl (C=O) groups is 4. The number of aromatic carboxylic acids is 3. The quantitative estimate of drug-likeness (QED) is 0.0698. The fourth-order valence-corrected chi connectivity index (χ4v) is 16.9. The number of fused-ring (bicyclic) bond motifs is 7. The van der Waals surface area contributed by atoms with Gasteiger partial charge < -0.3 is 49.6 Å². The molecule has 5 heterocycles. The lowest BCUT2D eigenvalue weighted by atomic mass is 9.73. The fraction of sp³-hybridized carbons (Fsp3) is 0.350. The molecule has 0 amide bonds. The van der Waals surface area contributed by atoms with Crippen molar-refractivity contribution in [1.29, 1.82) is 0 Å². The highest BCUT2D eigenvalue weighted by Crippen LogP contribution is 2.51. The number of aliphatic carboxylic acids is 1. The highest BCUT2D eigenvalue weighted by molar-refractivity contribution is 6.06. The molecule has 0 fully saturated rings. The summed E-state index contributed by atoms with van der Waals surface area (Å²) < 4.78 is 24.6. The van der Waals surface area contributed by atoms with Gasteiger partial charge in [0.25, 0.3) is 0 Å². The predicted octanol–water partition coefficient (Wildman–Crippen LogP) is 22.7. The maximum atomic E-state index is 11.4. The molecule has 6 N–H and O–H groups in total. The van der Waals surface area contributed by atoms with Gasteiger partial charge in [-0.15, -0.1) is 0 Å². The number of ether oxygens (including phenoxy) is 4. The summed E-state index contributed by atoms with van der Waals surface area (Å²) in [6.07, 6.45) is 4.44. The first-order chi connectivity index (χ1) is 53.6. The van der Waals surface area contributed by atoms with Gasteiger partial charge in [-0.2, -0.15) is 0 Å². The molecule has 15 heteroatoms. The second kappa shape index (κ2) is 30.5. The average molecular weight is 1550 g/mol. The Labute approximate surface area is 675 Å². The van der Waals surface area contributed by atoms with Crippen LogP contribution >= 0.6 is 0 Å². The van der Waals surface area contributed by atoms with Gasteiger partial charge in [0.05, 0.1) is 77.8 Å². The molecule has 1 aromatic heterocycles. The number of benzene rings is 10. The van der Waals surface area contributed by atoms with Crippen LogP contribution in [0.5, 0.6) is 5.75 Å². The lowest BCUT2D eigenvalue weighted by molar-refractivity contribution is -0.131. The number of nitrogens with zero attached hydrogens (tertiary/aromatic N) is 1. The minimum atomic E-state index is -0.979. The summed E-state index contributed by atoms with van der Waals surface area (Å²) in [4.78, 5) is 49.3. The Morgan fingerprint density at radius 2 is 0.678 bits per heavy atom. The molecule has 0 aliphatic carbocycles. The zero-order valence-corrected chi connectivity index (χ0v) is 70.5. The summed E-state index contributed by atoms with van der Waals surface area (Å²) in [7, 11) is 0. The largest absolute Gasteiger partial charge is 0.507 e. The topological polar surface area (TPSA) is 239 Å². The molecule has 15 rings (SSSR count). The number of phenolic OH excluding ortho intramolecular Hbond substituents is 1. The van der Waals surface area contributed by atoms with E-state index in [0.717, 1.165) is 94.0 Å². The van der Waals surface area contributed by atoms with E-state index in [1.54, 1.807) is 60.8 Å². The van der Waals surface area contributed by atoms with Crippen LogP contribution in [-0.4, -0.2) is 85.9 Å². The van der Waals surface area contributed by atoms with E-state index in [0.29, 0.717) is 37.7 Å². The van der Waals surface area contributed by atoms with E-state index >= 15 is 0 Å². The van der Waals surface area contributed by atoms with E-state index in [-0.39, 0.29) is 67.5 Å². The maximum Gasteiger partial charge on any atom is 0.335 e. The number of phenols is 1. The molecule has 0 atom stereocenters. The van der Waals surface area contributed by atoms with Crippen molar-refractivity contribution in [3.05, 3.63) is 264 Å². The first-order valence-corrected chi connectivity index (χ1v) is 39.3. The third-order valence-electron chi connectivity index (χ3n) is 24.0. The third kappa shape index (κ3) is 16.3. The van der Waals surface area contributed by atoms with Gasteiger partial charge in [-0.25, -0.2) is 19.2 Å². The van der Waals surface area contributed by atoms with Crippen LogP contribution in [-0.2, 0) is 74.4 Å². The molecule has 598 valence electrons. The average Bonchev–Trinajstić information content (AvgIpc) is 0.748. The Bertz CT molecular complexity index is 5650. The number of hydrogen-bond donors (Lipinski definition) is 6. The second-order valence-electron chi connectivity index (χ2n) is 36.4. The van der Waals surface area contributed by atoms with Crippen LogP contribution in [0.25, 0.3) is 82.9 Å². The van der Waals surface area contributed by atoms with E-state index in [1.165, 1.54) is 78.4 Å². The number of carboxylic acids is 4. The van der Waals surface area contributed by atoms with Gasteiger partial charge in [0, 0.05) is 39.5 Å². The molecule has 15 nitrogen and oxygen atoms in total. The van der Waals surface area contributed by atoms with Crippen molar-refractivity contribution in [3.8, 4) is 50.3 Å². The zero-order chi connectivity index (χ0) is 84.1. The van der Waals surface area contributed by atoms with Gasteiger partial charge in [-0.3, -0.25) is 4.98 Å². The summed E-state index contributed by atoms with van der Waals surface area (Å²) in [5, 5.41) is 63.2. The minimum absolute atomic E-state index is 0.0672. The molecule has 11 aromatic rings. The lowest BCUT2D eigenvalue weighted by Crippen LogP contribution is -2.40. The summed E-state index contributed by atoms with van der Waals surface area (Å²) in [6, 6.07) is 46.7. The molecule has 4 aliphatic heterocycles. The number of aromatic nitrogens is 1. The molecule has 0 saturated heterocycles. The zero-order valence-electron chi connectivity index (χ0n) is 70.5. The normalized spacial score (nSPS) is 17.2. The van der Waals surface area contributed by atoms with E-state index < -0.39 is 23.9 Å².